The van der Waals surface area contributed by atoms with Gasteiger partial charge in [-0.2, -0.15) is 0 Å². The average Bonchev–Trinajstić information content (AvgIpc) is 2.49. The zero-order valence-electron chi connectivity index (χ0n) is 12.1. The summed E-state index contributed by atoms with van der Waals surface area (Å²) in [6.45, 7) is 0. The Hall–Kier alpha value is -2.04. The minimum Gasteiger partial charge on any atom is -0.497 e. The summed E-state index contributed by atoms with van der Waals surface area (Å²) in [4.78, 5) is 25.7. The summed E-state index contributed by atoms with van der Waals surface area (Å²) < 4.78 is 5.14. The van der Waals surface area contributed by atoms with Crippen molar-refractivity contribution in [3.05, 3.63) is 29.8 Å². The highest BCUT2D eigenvalue weighted by atomic mass is 16.5. The van der Waals surface area contributed by atoms with E-state index in [9.17, 15) is 9.59 Å². The van der Waals surface area contributed by atoms with Crippen LogP contribution in [0.5, 0.6) is 5.75 Å². The van der Waals surface area contributed by atoms with Crippen molar-refractivity contribution >= 4 is 11.8 Å². The van der Waals surface area contributed by atoms with Gasteiger partial charge in [-0.3, -0.25) is 9.59 Å². The van der Waals surface area contributed by atoms with Crippen LogP contribution in [0.25, 0.3) is 0 Å². The molecule has 1 aliphatic rings. The van der Waals surface area contributed by atoms with Crippen molar-refractivity contribution in [1.29, 1.82) is 0 Å². The molecule has 0 radical (unpaired) electrons. The third-order valence-electron chi connectivity index (χ3n) is 3.90. The van der Waals surface area contributed by atoms with Gasteiger partial charge in [-0.1, -0.05) is 12.1 Å². The lowest BCUT2D eigenvalue weighted by Crippen LogP contribution is -2.45. The molecule has 1 aliphatic heterocycles. The van der Waals surface area contributed by atoms with E-state index in [1.807, 2.05) is 24.3 Å². The Bertz CT molecular complexity index is 498. The van der Waals surface area contributed by atoms with E-state index in [4.69, 9.17) is 4.74 Å². The molecule has 2 atom stereocenters. The summed E-state index contributed by atoms with van der Waals surface area (Å²) in [7, 11) is 4.99. The number of rotatable bonds is 3. The van der Waals surface area contributed by atoms with Gasteiger partial charge in [0, 0.05) is 20.5 Å². The number of likely N-dealkylation sites (tertiary alicyclic amines) is 1. The van der Waals surface area contributed by atoms with Crippen molar-refractivity contribution < 1.29 is 14.3 Å². The lowest BCUT2D eigenvalue weighted by Gasteiger charge is -2.38. The number of piperidine rings is 1. The Morgan fingerprint density at radius 1 is 1.35 bits per heavy atom. The Morgan fingerprint density at radius 3 is 2.55 bits per heavy atom. The summed E-state index contributed by atoms with van der Waals surface area (Å²) in [5.41, 5.74) is 0.954. The largest absolute Gasteiger partial charge is 0.497 e. The highest BCUT2D eigenvalue weighted by Gasteiger charge is 2.38. The highest BCUT2D eigenvalue weighted by Crippen LogP contribution is 2.36. The molecule has 2 amide bonds. The van der Waals surface area contributed by atoms with Gasteiger partial charge in [0.1, 0.15) is 5.75 Å². The van der Waals surface area contributed by atoms with Gasteiger partial charge in [0.25, 0.3) is 0 Å². The quantitative estimate of drug-likeness (QED) is 0.906. The number of carbonyl (C=O) groups is 2. The second-order valence-corrected chi connectivity index (χ2v) is 4.98. The molecule has 0 bridgehead atoms. The van der Waals surface area contributed by atoms with E-state index in [1.165, 1.54) is 0 Å². The van der Waals surface area contributed by atoms with Crippen LogP contribution in [-0.2, 0) is 9.59 Å². The molecule has 5 heteroatoms. The molecule has 2 rings (SSSR count). The summed E-state index contributed by atoms with van der Waals surface area (Å²) >= 11 is 0. The summed E-state index contributed by atoms with van der Waals surface area (Å²) in [5, 5.41) is 2.69. The Labute approximate surface area is 118 Å². The smallest absolute Gasteiger partial charge is 0.225 e. The lowest BCUT2D eigenvalue weighted by atomic mass is 9.84. The second kappa shape index (κ2) is 5.94. The molecule has 1 heterocycles. The van der Waals surface area contributed by atoms with Crippen molar-refractivity contribution in [3.8, 4) is 5.75 Å². The predicted molar refractivity (Wildman–Crippen MR) is 75.3 cm³/mol. The number of nitrogens with one attached hydrogen (secondary N) is 1. The van der Waals surface area contributed by atoms with Crippen LogP contribution in [-0.4, -0.2) is 37.9 Å². The maximum absolute atomic E-state index is 12.1. The minimum atomic E-state index is -0.220. The topological polar surface area (TPSA) is 58.6 Å². The zero-order valence-corrected chi connectivity index (χ0v) is 12.1. The Morgan fingerprint density at radius 2 is 2.00 bits per heavy atom. The first-order valence-corrected chi connectivity index (χ1v) is 6.69. The Kier molecular flexibility index (Phi) is 4.27. The summed E-state index contributed by atoms with van der Waals surface area (Å²) in [6, 6.07) is 7.30. The number of methoxy groups -OCH3 is 1. The lowest BCUT2D eigenvalue weighted by molar-refractivity contribution is -0.141. The van der Waals surface area contributed by atoms with E-state index in [-0.39, 0.29) is 23.8 Å². The van der Waals surface area contributed by atoms with Crippen molar-refractivity contribution in [3.63, 3.8) is 0 Å². The van der Waals surface area contributed by atoms with Crippen LogP contribution in [0, 0.1) is 5.92 Å². The first-order valence-electron chi connectivity index (χ1n) is 6.69. The SMILES string of the molecule is CNC(=O)[C@H]1CCC(=O)N(C)[C@@H]1c1ccc(OC)cc1. The van der Waals surface area contributed by atoms with Crippen LogP contribution in [0.1, 0.15) is 24.4 Å². The molecular weight excluding hydrogens is 256 g/mol. The van der Waals surface area contributed by atoms with E-state index in [2.05, 4.69) is 5.32 Å². The molecule has 0 saturated carbocycles. The summed E-state index contributed by atoms with van der Waals surface area (Å²) in [5.74, 6) is 0.599. The van der Waals surface area contributed by atoms with Gasteiger partial charge in [0.05, 0.1) is 19.1 Å². The molecule has 1 fully saturated rings. The molecular formula is C15H20N2O3. The molecule has 0 aromatic heterocycles. The first-order chi connectivity index (χ1) is 9.58. The predicted octanol–water partition coefficient (Wildman–Crippen LogP) is 1.35. The van der Waals surface area contributed by atoms with Gasteiger partial charge in [-0.05, 0) is 24.1 Å². The number of nitrogens with zero attached hydrogens (tertiary/aromatic N) is 1. The molecule has 0 spiro atoms. The number of carbonyl (C=O) groups excluding carboxylic acids is 2. The number of amides is 2. The molecule has 0 unspecified atom stereocenters. The van der Waals surface area contributed by atoms with Gasteiger partial charge >= 0.3 is 0 Å². The second-order valence-electron chi connectivity index (χ2n) is 4.98. The molecule has 0 aliphatic carbocycles. The third-order valence-corrected chi connectivity index (χ3v) is 3.90. The fourth-order valence-corrected chi connectivity index (χ4v) is 2.76. The summed E-state index contributed by atoms with van der Waals surface area (Å²) in [6.07, 6.45) is 1.00. The normalized spacial score (nSPS) is 22.6. The van der Waals surface area contributed by atoms with E-state index < -0.39 is 0 Å². The van der Waals surface area contributed by atoms with Crippen LogP contribution in [0.3, 0.4) is 0 Å². The molecule has 5 nitrogen and oxygen atoms in total. The fourth-order valence-electron chi connectivity index (χ4n) is 2.76. The van der Waals surface area contributed by atoms with Crippen LogP contribution < -0.4 is 10.1 Å². The highest BCUT2D eigenvalue weighted by molar-refractivity contribution is 5.84. The molecule has 1 aromatic rings. The fraction of sp³-hybridized carbons (Fsp3) is 0.467. The van der Waals surface area contributed by atoms with E-state index >= 15 is 0 Å². The van der Waals surface area contributed by atoms with Gasteiger partial charge in [0.2, 0.25) is 11.8 Å². The van der Waals surface area contributed by atoms with Crippen molar-refractivity contribution in [1.82, 2.24) is 10.2 Å². The van der Waals surface area contributed by atoms with Gasteiger partial charge in [0.15, 0.2) is 0 Å². The molecule has 1 aromatic carbocycles. The standard InChI is InChI=1S/C15H20N2O3/c1-16-15(19)12-8-9-13(18)17(2)14(12)10-4-6-11(20-3)7-5-10/h4-7,12,14H,8-9H2,1-3H3,(H,16,19)/t12-,14+/m0/s1. The van der Waals surface area contributed by atoms with Gasteiger partial charge in [-0.25, -0.2) is 0 Å². The number of benzene rings is 1. The monoisotopic (exact) mass is 276 g/mol. The van der Waals surface area contributed by atoms with Crippen molar-refractivity contribution in [2.24, 2.45) is 5.92 Å². The molecule has 108 valence electrons. The van der Waals surface area contributed by atoms with E-state index in [0.717, 1.165) is 11.3 Å². The average molecular weight is 276 g/mol. The van der Waals surface area contributed by atoms with Crippen LogP contribution in [0.2, 0.25) is 0 Å². The maximum atomic E-state index is 12.1. The van der Waals surface area contributed by atoms with E-state index in [1.54, 1.807) is 26.1 Å². The maximum Gasteiger partial charge on any atom is 0.225 e. The molecule has 1 N–H and O–H groups in total. The molecule has 20 heavy (non-hydrogen) atoms. The van der Waals surface area contributed by atoms with Crippen molar-refractivity contribution in [2.75, 3.05) is 21.2 Å². The Balaban J connectivity index is 2.34. The van der Waals surface area contributed by atoms with Crippen LogP contribution in [0.15, 0.2) is 24.3 Å². The first kappa shape index (κ1) is 14.4. The van der Waals surface area contributed by atoms with Crippen molar-refractivity contribution in [2.45, 2.75) is 18.9 Å². The van der Waals surface area contributed by atoms with Gasteiger partial charge < -0.3 is 15.0 Å². The zero-order chi connectivity index (χ0) is 14.7. The number of ether oxygens (including phenoxy) is 1. The van der Waals surface area contributed by atoms with Crippen LogP contribution in [0.4, 0.5) is 0 Å². The van der Waals surface area contributed by atoms with Crippen LogP contribution >= 0.6 is 0 Å². The minimum absolute atomic E-state index is 0.0230. The number of hydrogen-bond donors (Lipinski definition) is 1. The third kappa shape index (κ3) is 2.61. The number of hydrogen-bond acceptors (Lipinski definition) is 3. The van der Waals surface area contributed by atoms with E-state index in [0.29, 0.717) is 12.8 Å². The van der Waals surface area contributed by atoms with Gasteiger partial charge in [-0.15, -0.1) is 0 Å². The molecule has 1 saturated heterocycles.